The van der Waals surface area contributed by atoms with Crippen LogP contribution < -0.4 is 0 Å². The van der Waals surface area contributed by atoms with Crippen molar-refractivity contribution in [2.45, 2.75) is 30.9 Å². The first kappa shape index (κ1) is 14.8. The lowest BCUT2D eigenvalue weighted by Gasteiger charge is -2.23. The maximum atomic E-state index is 12.6. The van der Waals surface area contributed by atoms with Crippen molar-refractivity contribution in [1.82, 2.24) is 4.90 Å². The predicted octanol–water partition coefficient (Wildman–Crippen LogP) is 2.05. The van der Waals surface area contributed by atoms with Gasteiger partial charge in [0.15, 0.2) is 0 Å². The number of benzene rings is 1. The highest BCUT2D eigenvalue weighted by molar-refractivity contribution is 6.30. The largest absolute Gasteiger partial charge is 0.394 e. The van der Waals surface area contributed by atoms with Gasteiger partial charge in [-0.1, -0.05) is 23.7 Å². The fourth-order valence-corrected chi connectivity index (χ4v) is 3.47. The number of carbonyl (C=O) groups is 1. The van der Waals surface area contributed by atoms with E-state index < -0.39 is 0 Å². The first-order valence-electron chi connectivity index (χ1n) is 7.33. The Morgan fingerprint density at radius 3 is 2.95 bits per heavy atom. The van der Waals surface area contributed by atoms with Crippen LogP contribution in [0.1, 0.15) is 24.3 Å². The number of carbonyl (C=O) groups excluding carboxylic acids is 1. The van der Waals surface area contributed by atoms with Gasteiger partial charge in [0.05, 0.1) is 18.8 Å². The Labute approximate surface area is 129 Å². The van der Waals surface area contributed by atoms with Gasteiger partial charge >= 0.3 is 0 Å². The molecule has 0 aromatic heterocycles. The third-order valence-electron chi connectivity index (χ3n) is 4.59. The third kappa shape index (κ3) is 2.93. The molecule has 1 heterocycles. The molecule has 3 rings (SSSR count). The molecular formula is C16H20ClNO3. The molecule has 4 nitrogen and oxygen atoms in total. The summed E-state index contributed by atoms with van der Waals surface area (Å²) in [5.41, 5.74) is 1.13. The minimum atomic E-state index is -0.108. The van der Waals surface area contributed by atoms with Crippen LogP contribution in [0.15, 0.2) is 24.3 Å². The lowest BCUT2D eigenvalue weighted by Crippen LogP contribution is -2.39. The number of amides is 1. The molecule has 1 aliphatic carbocycles. The second-order valence-corrected chi connectivity index (χ2v) is 6.36. The maximum absolute atomic E-state index is 12.6. The van der Waals surface area contributed by atoms with E-state index >= 15 is 0 Å². The van der Waals surface area contributed by atoms with Gasteiger partial charge in [-0.3, -0.25) is 4.79 Å². The molecule has 1 saturated heterocycles. The van der Waals surface area contributed by atoms with Crippen LogP contribution in [-0.2, 0) is 9.53 Å². The number of methoxy groups -OCH3 is 1. The molecule has 1 N–H and O–H groups in total. The summed E-state index contributed by atoms with van der Waals surface area (Å²) in [7, 11) is 1.65. The molecular weight excluding hydrogens is 290 g/mol. The van der Waals surface area contributed by atoms with Crippen LogP contribution in [0.25, 0.3) is 0 Å². The van der Waals surface area contributed by atoms with Gasteiger partial charge in [0.25, 0.3) is 0 Å². The lowest BCUT2D eigenvalue weighted by molar-refractivity contribution is -0.134. The van der Waals surface area contributed by atoms with E-state index in [2.05, 4.69) is 0 Å². The second-order valence-electron chi connectivity index (χ2n) is 5.92. The number of likely N-dealkylation sites (tertiary alicyclic amines) is 1. The SMILES string of the molecule is CO[C@H]1C[C@@H](CO)N(C(=O)[C@@H]2C[C@H]2c2cccc(Cl)c2)C1. The third-order valence-corrected chi connectivity index (χ3v) is 4.82. The normalized spacial score (nSPS) is 31.5. The Bertz CT molecular complexity index is 536. The average Bonchev–Trinajstić information content (AvgIpc) is 3.18. The minimum Gasteiger partial charge on any atom is -0.394 e. The van der Waals surface area contributed by atoms with Gasteiger partial charge in [-0.15, -0.1) is 0 Å². The number of hydrogen-bond donors (Lipinski definition) is 1. The van der Waals surface area contributed by atoms with Crippen molar-refractivity contribution >= 4 is 17.5 Å². The molecule has 1 aliphatic heterocycles. The van der Waals surface area contributed by atoms with Crippen LogP contribution in [0.2, 0.25) is 5.02 Å². The summed E-state index contributed by atoms with van der Waals surface area (Å²) in [5.74, 6) is 0.420. The molecule has 1 amide bonds. The topological polar surface area (TPSA) is 49.8 Å². The zero-order valence-corrected chi connectivity index (χ0v) is 12.8. The Morgan fingerprint density at radius 2 is 2.29 bits per heavy atom. The molecule has 2 fully saturated rings. The number of nitrogens with zero attached hydrogens (tertiary/aromatic N) is 1. The smallest absolute Gasteiger partial charge is 0.226 e. The first-order valence-corrected chi connectivity index (χ1v) is 7.71. The summed E-state index contributed by atoms with van der Waals surface area (Å²) in [6, 6.07) is 7.61. The number of aliphatic hydroxyl groups is 1. The monoisotopic (exact) mass is 309 g/mol. The second kappa shape index (κ2) is 5.95. The Kier molecular flexibility index (Phi) is 4.20. The number of hydrogen-bond acceptors (Lipinski definition) is 3. The summed E-state index contributed by atoms with van der Waals surface area (Å²) in [4.78, 5) is 14.4. The van der Waals surface area contributed by atoms with Gasteiger partial charge < -0.3 is 14.7 Å². The number of aliphatic hydroxyl groups excluding tert-OH is 1. The van der Waals surface area contributed by atoms with Gasteiger partial charge in [-0.05, 0) is 36.5 Å². The van der Waals surface area contributed by atoms with E-state index in [1.165, 1.54) is 0 Å². The zero-order valence-electron chi connectivity index (χ0n) is 12.0. The molecule has 0 radical (unpaired) electrons. The quantitative estimate of drug-likeness (QED) is 0.926. The van der Waals surface area contributed by atoms with E-state index in [9.17, 15) is 9.90 Å². The average molecular weight is 310 g/mol. The van der Waals surface area contributed by atoms with E-state index in [1.54, 1.807) is 12.0 Å². The molecule has 5 heteroatoms. The Hall–Kier alpha value is -1.10. The number of rotatable bonds is 4. The first-order chi connectivity index (χ1) is 10.1. The molecule has 4 atom stereocenters. The summed E-state index contributed by atoms with van der Waals surface area (Å²) in [6.07, 6.45) is 1.62. The molecule has 2 aliphatic rings. The fraction of sp³-hybridized carbons (Fsp3) is 0.562. The van der Waals surface area contributed by atoms with Gasteiger partial charge in [-0.25, -0.2) is 0 Å². The van der Waals surface area contributed by atoms with E-state index in [0.29, 0.717) is 18.0 Å². The van der Waals surface area contributed by atoms with Crippen LogP contribution in [0.5, 0.6) is 0 Å². The lowest BCUT2D eigenvalue weighted by atomic mass is 10.1. The van der Waals surface area contributed by atoms with E-state index in [4.69, 9.17) is 16.3 Å². The summed E-state index contributed by atoms with van der Waals surface area (Å²) in [5, 5.41) is 10.2. The molecule has 1 aromatic rings. The van der Waals surface area contributed by atoms with Crippen LogP contribution in [-0.4, -0.2) is 48.3 Å². The number of ether oxygens (including phenoxy) is 1. The molecule has 1 aromatic carbocycles. The summed E-state index contributed by atoms with van der Waals surface area (Å²) in [6.45, 7) is 0.583. The van der Waals surface area contributed by atoms with Gasteiger partial charge in [0.1, 0.15) is 0 Å². The molecule has 21 heavy (non-hydrogen) atoms. The van der Waals surface area contributed by atoms with Gasteiger partial charge in [-0.2, -0.15) is 0 Å². The van der Waals surface area contributed by atoms with Crippen molar-refractivity contribution in [3.8, 4) is 0 Å². The van der Waals surface area contributed by atoms with E-state index in [0.717, 1.165) is 12.0 Å². The van der Waals surface area contributed by atoms with E-state index in [1.807, 2.05) is 24.3 Å². The van der Waals surface area contributed by atoms with Crippen LogP contribution in [0.4, 0.5) is 0 Å². The molecule has 0 spiro atoms. The predicted molar refractivity (Wildman–Crippen MR) is 80.3 cm³/mol. The van der Waals surface area contributed by atoms with Crippen molar-refractivity contribution in [1.29, 1.82) is 0 Å². The van der Waals surface area contributed by atoms with Crippen molar-refractivity contribution in [3.05, 3.63) is 34.9 Å². The van der Waals surface area contributed by atoms with Gasteiger partial charge in [0.2, 0.25) is 5.91 Å². The summed E-state index contributed by atoms with van der Waals surface area (Å²) < 4.78 is 5.33. The maximum Gasteiger partial charge on any atom is 0.226 e. The van der Waals surface area contributed by atoms with Crippen molar-refractivity contribution in [2.75, 3.05) is 20.3 Å². The van der Waals surface area contributed by atoms with Crippen molar-refractivity contribution in [2.24, 2.45) is 5.92 Å². The van der Waals surface area contributed by atoms with Crippen LogP contribution in [0.3, 0.4) is 0 Å². The summed E-state index contributed by atoms with van der Waals surface area (Å²) >= 11 is 6.01. The standard InChI is InChI=1S/C16H20ClNO3/c1-21-13-6-12(9-19)18(8-13)16(20)15-7-14(15)10-3-2-4-11(17)5-10/h2-5,12-15,19H,6-9H2,1H3/t12-,13-,14-,15+/m0/s1. The highest BCUT2D eigenvalue weighted by atomic mass is 35.5. The van der Waals surface area contributed by atoms with Gasteiger partial charge in [0, 0.05) is 24.6 Å². The molecule has 0 bridgehead atoms. The zero-order chi connectivity index (χ0) is 15.0. The van der Waals surface area contributed by atoms with Crippen LogP contribution in [0, 0.1) is 5.92 Å². The highest BCUT2D eigenvalue weighted by Gasteiger charge is 2.48. The molecule has 0 unspecified atom stereocenters. The Balaban J connectivity index is 1.67. The fourth-order valence-electron chi connectivity index (χ4n) is 3.27. The van der Waals surface area contributed by atoms with Crippen molar-refractivity contribution in [3.63, 3.8) is 0 Å². The number of halogens is 1. The van der Waals surface area contributed by atoms with Crippen LogP contribution >= 0.6 is 11.6 Å². The highest BCUT2D eigenvalue weighted by Crippen LogP contribution is 2.49. The molecule has 114 valence electrons. The van der Waals surface area contributed by atoms with Crippen molar-refractivity contribution < 1.29 is 14.6 Å². The van der Waals surface area contributed by atoms with E-state index in [-0.39, 0.29) is 36.5 Å². The minimum absolute atomic E-state index is 0.000151. The Morgan fingerprint density at radius 1 is 1.48 bits per heavy atom. The molecule has 1 saturated carbocycles.